The third-order valence-electron chi connectivity index (χ3n) is 2.10. The van der Waals surface area contributed by atoms with E-state index < -0.39 is 5.60 Å². The SMILES string of the molecule is COc1nc(Cl)ccc1CCC(C)(C)O. The molecular weight excluding hydrogens is 214 g/mol. The van der Waals surface area contributed by atoms with Gasteiger partial charge in [-0.25, -0.2) is 4.98 Å². The molecule has 84 valence electrons. The zero-order valence-corrected chi connectivity index (χ0v) is 10.0. The molecule has 1 aromatic heterocycles. The van der Waals surface area contributed by atoms with E-state index in [0.717, 1.165) is 12.0 Å². The first-order valence-electron chi connectivity index (χ1n) is 4.84. The van der Waals surface area contributed by atoms with Crippen LogP contribution >= 0.6 is 11.6 Å². The van der Waals surface area contributed by atoms with Gasteiger partial charge in [-0.3, -0.25) is 0 Å². The van der Waals surface area contributed by atoms with Gasteiger partial charge in [-0.2, -0.15) is 0 Å². The molecule has 0 saturated heterocycles. The van der Waals surface area contributed by atoms with Crippen LogP contribution in [0.2, 0.25) is 5.15 Å². The molecule has 0 aromatic carbocycles. The maximum absolute atomic E-state index is 9.61. The summed E-state index contributed by atoms with van der Waals surface area (Å²) in [4.78, 5) is 4.05. The molecule has 1 aromatic rings. The Labute approximate surface area is 95.1 Å². The summed E-state index contributed by atoms with van der Waals surface area (Å²) in [6.45, 7) is 3.56. The number of nitrogens with zero attached hydrogens (tertiary/aromatic N) is 1. The summed E-state index contributed by atoms with van der Waals surface area (Å²) in [6, 6.07) is 3.60. The Hall–Kier alpha value is -0.800. The summed E-state index contributed by atoms with van der Waals surface area (Å²) >= 11 is 5.75. The van der Waals surface area contributed by atoms with Crippen LogP contribution in [0.15, 0.2) is 12.1 Å². The maximum Gasteiger partial charge on any atom is 0.217 e. The predicted molar refractivity (Wildman–Crippen MR) is 60.4 cm³/mol. The third kappa shape index (κ3) is 4.06. The Bertz CT molecular complexity index is 334. The van der Waals surface area contributed by atoms with Crippen molar-refractivity contribution in [1.82, 2.24) is 4.98 Å². The standard InChI is InChI=1S/C11H16ClNO2/c1-11(2,14)7-6-8-4-5-9(12)13-10(8)15-3/h4-5,14H,6-7H2,1-3H3. The molecule has 0 amide bonds. The van der Waals surface area contributed by atoms with Crippen molar-refractivity contribution < 1.29 is 9.84 Å². The number of rotatable bonds is 4. The molecule has 0 fully saturated rings. The zero-order chi connectivity index (χ0) is 11.5. The van der Waals surface area contributed by atoms with E-state index in [9.17, 15) is 5.11 Å². The smallest absolute Gasteiger partial charge is 0.217 e. The minimum Gasteiger partial charge on any atom is -0.481 e. The molecule has 1 N–H and O–H groups in total. The molecule has 0 aliphatic rings. The first-order valence-corrected chi connectivity index (χ1v) is 5.22. The number of ether oxygens (including phenoxy) is 1. The van der Waals surface area contributed by atoms with Crippen molar-refractivity contribution in [2.75, 3.05) is 7.11 Å². The Morgan fingerprint density at radius 1 is 1.47 bits per heavy atom. The Kier molecular flexibility index (Phi) is 3.94. The van der Waals surface area contributed by atoms with E-state index in [1.807, 2.05) is 6.07 Å². The van der Waals surface area contributed by atoms with Crippen LogP contribution < -0.4 is 4.74 Å². The maximum atomic E-state index is 9.61. The lowest BCUT2D eigenvalue weighted by Crippen LogP contribution is -2.19. The molecule has 1 heterocycles. The lowest BCUT2D eigenvalue weighted by Gasteiger charge is -2.17. The molecule has 4 heteroatoms. The lowest BCUT2D eigenvalue weighted by atomic mass is 9.99. The van der Waals surface area contributed by atoms with Gasteiger partial charge in [0.1, 0.15) is 5.15 Å². The number of hydrogen-bond acceptors (Lipinski definition) is 3. The minimum absolute atomic E-state index is 0.416. The van der Waals surface area contributed by atoms with Crippen LogP contribution in [0.1, 0.15) is 25.8 Å². The molecule has 0 aliphatic heterocycles. The van der Waals surface area contributed by atoms with Crippen molar-refractivity contribution in [2.45, 2.75) is 32.3 Å². The number of aromatic nitrogens is 1. The highest BCUT2D eigenvalue weighted by Gasteiger charge is 2.14. The highest BCUT2D eigenvalue weighted by molar-refractivity contribution is 6.29. The first-order chi connectivity index (χ1) is 6.92. The topological polar surface area (TPSA) is 42.4 Å². The molecular formula is C11H16ClNO2. The molecule has 15 heavy (non-hydrogen) atoms. The summed E-state index contributed by atoms with van der Waals surface area (Å²) in [6.07, 6.45) is 1.38. The van der Waals surface area contributed by atoms with E-state index in [4.69, 9.17) is 16.3 Å². The lowest BCUT2D eigenvalue weighted by molar-refractivity contribution is 0.0712. The van der Waals surface area contributed by atoms with Gasteiger partial charge in [-0.15, -0.1) is 0 Å². The molecule has 0 unspecified atom stereocenters. The average Bonchev–Trinajstić information content (AvgIpc) is 2.14. The van der Waals surface area contributed by atoms with Gasteiger partial charge in [-0.1, -0.05) is 17.7 Å². The van der Waals surface area contributed by atoms with Crippen LogP contribution in [-0.4, -0.2) is 22.8 Å². The van der Waals surface area contributed by atoms with Crippen LogP contribution in [0.3, 0.4) is 0 Å². The summed E-state index contributed by atoms with van der Waals surface area (Å²) in [5.74, 6) is 0.534. The number of pyridine rings is 1. The van der Waals surface area contributed by atoms with E-state index in [1.54, 1.807) is 27.0 Å². The number of aliphatic hydroxyl groups is 1. The fraction of sp³-hybridized carbons (Fsp3) is 0.545. The number of aryl methyl sites for hydroxylation is 1. The van der Waals surface area contributed by atoms with Gasteiger partial charge in [0, 0.05) is 5.56 Å². The second kappa shape index (κ2) is 4.81. The first kappa shape index (κ1) is 12.3. The number of hydrogen-bond donors (Lipinski definition) is 1. The molecule has 0 bridgehead atoms. The van der Waals surface area contributed by atoms with Crippen molar-refractivity contribution in [3.63, 3.8) is 0 Å². The molecule has 0 radical (unpaired) electrons. The van der Waals surface area contributed by atoms with Gasteiger partial charge in [0.25, 0.3) is 0 Å². The summed E-state index contributed by atoms with van der Waals surface area (Å²) in [5, 5.41) is 10.0. The highest BCUT2D eigenvalue weighted by Crippen LogP contribution is 2.22. The summed E-state index contributed by atoms with van der Waals surface area (Å²) in [7, 11) is 1.56. The monoisotopic (exact) mass is 229 g/mol. The van der Waals surface area contributed by atoms with Gasteiger partial charge < -0.3 is 9.84 Å². The van der Waals surface area contributed by atoms with E-state index in [-0.39, 0.29) is 0 Å². The summed E-state index contributed by atoms with van der Waals surface area (Å²) in [5.41, 5.74) is 0.286. The highest BCUT2D eigenvalue weighted by atomic mass is 35.5. The fourth-order valence-corrected chi connectivity index (χ4v) is 1.39. The average molecular weight is 230 g/mol. The van der Waals surface area contributed by atoms with Crippen LogP contribution in [0.5, 0.6) is 5.88 Å². The van der Waals surface area contributed by atoms with Crippen molar-refractivity contribution in [3.8, 4) is 5.88 Å². The van der Waals surface area contributed by atoms with Gasteiger partial charge in [-0.05, 0) is 32.8 Å². The zero-order valence-electron chi connectivity index (χ0n) is 9.25. The predicted octanol–water partition coefficient (Wildman–Crippen LogP) is 2.45. The molecule has 3 nitrogen and oxygen atoms in total. The Morgan fingerprint density at radius 3 is 2.67 bits per heavy atom. The number of methoxy groups -OCH3 is 1. The number of halogens is 1. The molecule has 1 rings (SSSR count). The van der Waals surface area contributed by atoms with Crippen molar-refractivity contribution >= 4 is 11.6 Å². The van der Waals surface area contributed by atoms with Crippen molar-refractivity contribution in [2.24, 2.45) is 0 Å². The van der Waals surface area contributed by atoms with Crippen molar-refractivity contribution in [1.29, 1.82) is 0 Å². The molecule has 0 spiro atoms. The normalized spacial score (nSPS) is 11.5. The Morgan fingerprint density at radius 2 is 2.13 bits per heavy atom. The van der Waals surface area contributed by atoms with Crippen molar-refractivity contribution in [3.05, 3.63) is 22.8 Å². The minimum atomic E-state index is -0.676. The van der Waals surface area contributed by atoms with Gasteiger partial charge >= 0.3 is 0 Å². The van der Waals surface area contributed by atoms with E-state index in [2.05, 4.69) is 4.98 Å². The van der Waals surface area contributed by atoms with Gasteiger partial charge in [0.15, 0.2) is 0 Å². The van der Waals surface area contributed by atoms with Gasteiger partial charge in [0.05, 0.1) is 12.7 Å². The van der Waals surface area contributed by atoms with Crippen LogP contribution in [0.25, 0.3) is 0 Å². The third-order valence-corrected chi connectivity index (χ3v) is 2.32. The largest absolute Gasteiger partial charge is 0.481 e. The quantitative estimate of drug-likeness (QED) is 0.807. The van der Waals surface area contributed by atoms with E-state index in [1.165, 1.54) is 0 Å². The van der Waals surface area contributed by atoms with Crippen LogP contribution in [0.4, 0.5) is 0 Å². The second-order valence-corrected chi connectivity index (χ2v) is 4.50. The Balaban J connectivity index is 2.76. The fourth-order valence-electron chi connectivity index (χ4n) is 1.25. The molecule has 0 aliphatic carbocycles. The van der Waals surface area contributed by atoms with Crippen LogP contribution in [0, 0.1) is 0 Å². The van der Waals surface area contributed by atoms with E-state index >= 15 is 0 Å². The molecule has 0 atom stereocenters. The summed E-state index contributed by atoms with van der Waals surface area (Å²) < 4.78 is 5.11. The molecule has 0 saturated carbocycles. The van der Waals surface area contributed by atoms with E-state index in [0.29, 0.717) is 17.5 Å². The van der Waals surface area contributed by atoms with Crippen LogP contribution in [-0.2, 0) is 6.42 Å². The van der Waals surface area contributed by atoms with Gasteiger partial charge in [0.2, 0.25) is 5.88 Å². The second-order valence-electron chi connectivity index (χ2n) is 4.11.